The van der Waals surface area contributed by atoms with E-state index in [1.165, 1.54) is 23.9 Å². The largest absolute Gasteiger partial charge is 0.400 e. The van der Waals surface area contributed by atoms with Crippen LogP contribution in [0.5, 0.6) is 0 Å². The van der Waals surface area contributed by atoms with Crippen LogP contribution in [0.3, 0.4) is 0 Å². The summed E-state index contributed by atoms with van der Waals surface area (Å²) in [7, 11) is 1.91. The highest BCUT2D eigenvalue weighted by Gasteiger charge is 2.44. The lowest BCUT2D eigenvalue weighted by Gasteiger charge is -2.28. The van der Waals surface area contributed by atoms with Gasteiger partial charge in [0, 0.05) is 24.5 Å². The molecule has 0 aromatic heterocycles. The number of anilines is 2. The van der Waals surface area contributed by atoms with E-state index in [1.807, 2.05) is 35.6 Å². The minimum Gasteiger partial charge on any atom is -0.400 e. The van der Waals surface area contributed by atoms with E-state index in [0.717, 1.165) is 24.2 Å². The third kappa shape index (κ3) is 2.24. The second kappa shape index (κ2) is 5.70. The molecule has 0 saturated carbocycles. The van der Waals surface area contributed by atoms with Crippen molar-refractivity contribution in [1.29, 1.82) is 0 Å². The Labute approximate surface area is 144 Å². The Balaban J connectivity index is 1.92. The Morgan fingerprint density at radius 3 is 2.88 bits per heavy atom. The number of hydrogen-bond acceptors (Lipinski definition) is 4. The van der Waals surface area contributed by atoms with Crippen LogP contribution in [0.4, 0.5) is 15.8 Å². The van der Waals surface area contributed by atoms with Gasteiger partial charge in [0.2, 0.25) is 5.91 Å². The Kier molecular flexibility index (Phi) is 3.64. The van der Waals surface area contributed by atoms with Crippen molar-refractivity contribution in [2.75, 3.05) is 16.8 Å². The maximum Gasteiger partial charge on any atom is 0.247 e. The molecule has 1 aromatic rings. The van der Waals surface area contributed by atoms with Crippen molar-refractivity contribution in [1.82, 2.24) is 0 Å². The van der Waals surface area contributed by atoms with E-state index in [-0.39, 0.29) is 23.0 Å². The summed E-state index contributed by atoms with van der Waals surface area (Å²) in [6.07, 6.45) is 7.84. The summed E-state index contributed by atoms with van der Waals surface area (Å²) in [6, 6.07) is 4.35. The van der Waals surface area contributed by atoms with Crippen LogP contribution in [0.25, 0.3) is 0 Å². The number of allylic oxidation sites excluding steroid dienone is 3. The van der Waals surface area contributed by atoms with Crippen molar-refractivity contribution in [2.45, 2.75) is 24.1 Å². The Bertz CT molecular complexity index is 801. The van der Waals surface area contributed by atoms with Gasteiger partial charge in [0.25, 0.3) is 0 Å². The van der Waals surface area contributed by atoms with Crippen LogP contribution in [-0.2, 0) is 4.79 Å². The predicted octanol–water partition coefficient (Wildman–Crippen LogP) is 3.13. The fraction of sp³-hybridized carbons (Fsp3) is 0.278. The fourth-order valence-electron chi connectivity index (χ4n) is 3.49. The number of carbonyl (C=O) groups excluding carboxylic acids is 1. The highest BCUT2D eigenvalue weighted by molar-refractivity contribution is 8.03. The number of carbonyl (C=O) groups is 1. The van der Waals surface area contributed by atoms with Crippen molar-refractivity contribution in [3.8, 4) is 0 Å². The molecule has 4 rings (SSSR count). The molecule has 1 amide bonds. The van der Waals surface area contributed by atoms with E-state index in [4.69, 9.17) is 5.73 Å². The highest BCUT2D eigenvalue weighted by Crippen LogP contribution is 2.44. The highest BCUT2D eigenvalue weighted by atomic mass is 32.2. The van der Waals surface area contributed by atoms with Crippen molar-refractivity contribution < 1.29 is 9.18 Å². The number of nitrogens with zero attached hydrogens (tertiary/aromatic N) is 2. The first-order valence-electron chi connectivity index (χ1n) is 7.92. The van der Waals surface area contributed by atoms with Gasteiger partial charge in [0.1, 0.15) is 11.1 Å². The zero-order valence-corrected chi connectivity index (χ0v) is 14.1. The summed E-state index contributed by atoms with van der Waals surface area (Å²) in [5.74, 6) is -0.417. The normalized spacial score (nSPS) is 25.8. The van der Waals surface area contributed by atoms with E-state index in [1.54, 1.807) is 11.0 Å². The molecule has 2 N–H and O–H groups in total. The molecule has 2 aliphatic heterocycles. The van der Waals surface area contributed by atoms with Gasteiger partial charge >= 0.3 is 0 Å². The molecule has 4 nitrogen and oxygen atoms in total. The Morgan fingerprint density at radius 2 is 2.12 bits per heavy atom. The summed E-state index contributed by atoms with van der Waals surface area (Å²) < 4.78 is 14.0. The number of thioether (sulfide) groups is 1. The van der Waals surface area contributed by atoms with Crippen LogP contribution < -0.4 is 15.5 Å². The molecule has 2 heterocycles. The molecule has 0 fully saturated rings. The number of nitrogens with two attached hydrogens (primary N) is 1. The monoisotopic (exact) mass is 343 g/mol. The maximum atomic E-state index is 14.0. The van der Waals surface area contributed by atoms with Crippen LogP contribution in [-0.4, -0.2) is 24.2 Å². The van der Waals surface area contributed by atoms with Crippen molar-refractivity contribution in [3.63, 3.8) is 0 Å². The van der Waals surface area contributed by atoms with E-state index in [0.29, 0.717) is 11.4 Å². The lowest BCUT2D eigenvalue weighted by molar-refractivity contribution is -0.117. The maximum absolute atomic E-state index is 14.0. The van der Waals surface area contributed by atoms with Crippen molar-refractivity contribution in [2.24, 2.45) is 5.73 Å². The lowest BCUT2D eigenvalue weighted by atomic mass is 10.1. The minimum atomic E-state index is -0.358. The summed E-state index contributed by atoms with van der Waals surface area (Å²) in [4.78, 5) is 16.9. The van der Waals surface area contributed by atoms with Gasteiger partial charge < -0.3 is 10.6 Å². The number of rotatable bonds is 1. The SMILES string of the molecule is CN1c2ccc(F)cc2N(C2=CCCC=C2)C(=O)C2SC=C(N)C21. The average molecular weight is 343 g/mol. The van der Waals surface area contributed by atoms with Crippen LogP contribution in [0.15, 0.2) is 53.2 Å². The van der Waals surface area contributed by atoms with Crippen molar-refractivity contribution >= 4 is 29.0 Å². The van der Waals surface area contributed by atoms with Gasteiger partial charge in [0.05, 0.1) is 17.4 Å². The molecule has 124 valence electrons. The molecule has 2 unspecified atom stereocenters. The van der Waals surface area contributed by atoms with Crippen LogP contribution >= 0.6 is 11.8 Å². The summed E-state index contributed by atoms with van der Waals surface area (Å²) >= 11 is 1.44. The van der Waals surface area contributed by atoms with E-state index in [2.05, 4.69) is 0 Å². The first-order chi connectivity index (χ1) is 11.6. The third-order valence-electron chi connectivity index (χ3n) is 4.65. The number of halogens is 1. The first kappa shape index (κ1) is 15.3. The van der Waals surface area contributed by atoms with Gasteiger partial charge in [-0.1, -0.05) is 12.2 Å². The molecule has 2 atom stereocenters. The smallest absolute Gasteiger partial charge is 0.247 e. The zero-order valence-electron chi connectivity index (χ0n) is 13.3. The first-order valence-corrected chi connectivity index (χ1v) is 8.86. The van der Waals surface area contributed by atoms with Gasteiger partial charge in [-0.3, -0.25) is 9.69 Å². The zero-order chi connectivity index (χ0) is 16.8. The minimum absolute atomic E-state index is 0.0595. The molecule has 1 aliphatic carbocycles. The number of amides is 1. The number of fused-ring (bicyclic) bond motifs is 2. The molecule has 0 spiro atoms. The molecule has 0 saturated heterocycles. The van der Waals surface area contributed by atoms with Gasteiger partial charge in [0.15, 0.2) is 0 Å². The number of likely N-dealkylation sites (N-methyl/N-ethyl adjacent to an activating group) is 1. The molecule has 6 heteroatoms. The average Bonchev–Trinajstić information content (AvgIpc) is 2.93. The van der Waals surface area contributed by atoms with Crippen LogP contribution in [0, 0.1) is 5.82 Å². The summed E-state index contributed by atoms with van der Waals surface area (Å²) in [5, 5.41) is 1.52. The fourth-order valence-corrected chi connectivity index (χ4v) is 4.65. The lowest BCUT2D eigenvalue weighted by Crippen LogP contribution is -2.46. The second-order valence-electron chi connectivity index (χ2n) is 6.15. The Morgan fingerprint density at radius 1 is 1.29 bits per heavy atom. The van der Waals surface area contributed by atoms with E-state index in [9.17, 15) is 9.18 Å². The van der Waals surface area contributed by atoms with Crippen LogP contribution in [0.2, 0.25) is 0 Å². The van der Waals surface area contributed by atoms with Gasteiger partial charge in [-0.25, -0.2) is 4.39 Å². The van der Waals surface area contributed by atoms with Gasteiger partial charge in [-0.2, -0.15) is 0 Å². The predicted molar refractivity (Wildman–Crippen MR) is 96.2 cm³/mol. The second-order valence-corrected chi connectivity index (χ2v) is 7.16. The van der Waals surface area contributed by atoms with Crippen molar-refractivity contribution in [3.05, 3.63) is 59.0 Å². The molecular formula is C18H18FN3OS. The van der Waals surface area contributed by atoms with Gasteiger partial charge in [-0.05, 0) is 36.5 Å². The number of benzene rings is 1. The molecule has 24 heavy (non-hydrogen) atoms. The standard InChI is InChI=1S/C18H18FN3OS/c1-21-14-8-7-11(19)9-15(14)22(12-5-3-2-4-6-12)18(23)17-16(21)13(20)10-24-17/h3,5-10,16-17H,2,4,20H2,1H3. The van der Waals surface area contributed by atoms with Crippen LogP contribution in [0.1, 0.15) is 12.8 Å². The van der Waals surface area contributed by atoms with Gasteiger partial charge in [-0.15, -0.1) is 11.8 Å². The van der Waals surface area contributed by atoms with E-state index < -0.39 is 0 Å². The molecule has 0 radical (unpaired) electrons. The molecule has 0 bridgehead atoms. The molecule has 3 aliphatic rings. The molecular weight excluding hydrogens is 325 g/mol. The summed E-state index contributed by atoms with van der Waals surface area (Å²) in [6.45, 7) is 0. The Hall–Kier alpha value is -2.21. The summed E-state index contributed by atoms with van der Waals surface area (Å²) in [5.41, 5.74) is 9.00. The van der Waals surface area contributed by atoms with E-state index >= 15 is 0 Å². The number of hydrogen-bond donors (Lipinski definition) is 1. The third-order valence-corrected chi connectivity index (χ3v) is 5.81. The quantitative estimate of drug-likeness (QED) is 0.851. The topological polar surface area (TPSA) is 49.6 Å². The molecule has 1 aromatic carbocycles.